The number of halogens is 1. The molecule has 150 valence electrons. The molecule has 1 N–H and O–H groups in total. The van der Waals surface area contributed by atoms with Crippen LogP contribution in [0.5, 0.6) is 5.75 Å². The van der Waals surface area contributed by atoms with Crippen molar-refractivity contribution in [1.82, 2.24) is 4.31 Å². The Labute approximate surface area is 161 Å². The fourth-order valence-corrected chi connectivity index (χ4v) is 3.23. The molecular formula is C18H19FN2O6S. The molecule has 8 nitrogen and oxygen atoms in total. The second-order valence-electron chi connectivity index (χ2n) is 5.78. The van der Waals surface area contributed by atoms with Gasteiger partial charge in [0, 0.05) is 19.8 Å². The molecule has 0 aliphatic rings. The summed E-state index contributed by atoms with van der Waals surface area (Å²) in [5, 5.41) is 2.45. The van der Waals surface area contributed by atoms with E-state index in [0.717, 1.165) is 16.4 Å². The minimum atomic E-state index is -3.80. The fraction of sp³-hybridized carbons (Fsp3) is 0.222. The van der Waals surface area contributed by atoms with E-state index in [2.05, 4.69) is 5.32 Å². The minimum Gasteiger partial charge on any atom is -0.495 e. The lowest BCUT2D eigenvalue weighted by molar-refractivity contribution is -0.119. The smallest absolute Gasteiger partial charge is 0.338 e. The molecule has 0 fully saturated rings. The van der Waals surface area contributed by atoms with Gasteiger partial charge in [0.2, 0.25) is 10.0 Å². The van der Waals surface area contributed by atoms with E-state index in [0.29, 0.717) is 0 Å². The number of carbonyl (C=O) groups is 2. The van der Waals surface area contributed by atoms with E-state index in [1.54, 1.807) is 0 Å². The molecule has 0 aliphatic heterocycles. The van der Waals surface area contributed by atoms with Crippen molar-refractivity contribution < 1.29 is 31.9 Å². The van der Waals surface area contributed by atoms with Crippen molar-refractivity contribution in [2.24, 2.45) is 0 Å². The van der Waals surface area contributed by atoms with Crippen LogP contribution >= 0.6 is 0 Å². The van der Waals surface area contributed by atoms with E-state index in [4.69, 9.17) is 9.47 Å². The van der Waals surface area contributed by atoms with Crippen molar-refractivity contribution >= 4 is 27.6 Å². The quantitative estimate of drug-likeness (QED) is 0.700. The maximum atomic E-state index is 12.9. The number of anilines is 1. The molecule has 0 heterocycles. The van der Waals surface area contributed by atoms with E-state index in [1.165, 1.54) is 51.5 Å². The Morgan fingerprint density at radius 1 is 1.11 bits per heavy atom. The number of methoxy groups -OCH3 is 1. The molecule has 1 amide bonds. The number of rotatable bonds is 7. The summed E-state index contributed by atoms with van der Waals surface area (Å²) in [5.74, 6) is -1.85. The lowest BCUT2D eigenvalue weighted by Crippen LogP contribution is -2.24. The highest BCUT2D eigenvalue weighted by atomic mass is 32.2. The number of hydrogen-bond donors (Lipinski definition) is 1. The lowest BCUT2D eigenvalue weighted by atomic mass is 10.2. The highest BCUT2D eigenvalue weighted by Gasteiger charge is 2.23. The van der Waals surface area contributed by atoms with E-state index in [1.807, 2.05) is 0 Å². The molecule has 10 heteroatoms. The average Bonchev–Trinajstić information content (AvgIpc) is 2.66. The van der Waals surface area contributed by atoms with Gasteiger partial charge in [-0.1, -0.05) is 0 Å². The Morgan fingerprint density at radius 2 is 1.75 bits per heavy atom. The number of carbonyl (C=O) groups excluding carboxylic acids is 2. The number of hydrogen-bond acceptors (Lipinski definition) is 6. The van der Waals surface area contributed by atoms with E-state index >= 15 is 0 Å². The van der Waals surface area contributed by atoms with Crippen molar-refractivity contribution in [1.29, 1.82) is 0 Å². The van der Waals surface area contributed by atoms with E-state index in [-0.39, 0.29) is 21.9 Å². The van der Waals surface area contributed by atoms with Gasteiger partial charge in [0.1, 0.15) is 16.5 Å². The molecule has 0 atom stereocenters. The second kappa shape index (κ2) is 8.81. The van der Waals surface area contributed by atoms with Crippen LogP contribution in [0, 0.1) is 5.82 Å². The van der Waals surface area contributed by atoms with Crippen LogP contribution in [-0.4, -0.2) is 52.4 Å². The highest BCUT2D eigenvalue weighted by Crippen LogP contribution is 2.28. The van der Waals surface area contributed by atoms with Gasteiger partial charge in [-0.25, -0.2) is 21.9 Å². The third-order valence-electron chi connectivity index (χ3n) is 3.62. The Bertz CT molecular complexity index is 974. The van der Waals surface area contributed by atoms with Gasteiger partial charge in [0.15, 0.2) is 6.61 Å². The summed E-state index contributed by atoms with van der Waals surface area (Å²) in [5.41, 5.74) is 0.280. The summed E-state index contributed by atoms with van der Waals surface area (Å²) in [6, 6.07) is 8.76. The standard InChI is InChI=1S/C18H19FN2O6S/c1-21(2)28(24,25)16-10-14(8-9-15(16)26-3)20-17(22)11-27-18(23)12-4-6-13(19)7-5-12/h4-10H,11H2,1-3H3,(H,20,22). The van der Waals surface area contributed by atoms with Gasteiger partial charge in [-0.15, -0.1) is 0 Å². The molecule has 0 saturated heterocycles. The number of ether oxygens (including phenoxy) is 2. The van der Waals surface area contributed by atoms with Crippen LogP contribution in [0.15, 0.2) is 47.4 Å². The van der Waals surface area contributed by atoms with Crippen LogP contribution in [0.1, 0.15) is 10.4 Å². The number of esters is 1. The van der Waals surface area contributed by atoms with Crippen molar-refractivity contribution in [2.75, 3.05) is 33.1 Å². The first kappa shape index (κ1) is 21.3. The molecule has 0 bridgehead atoms. The first-order valence-corrected chi connectivity index (χ1v) is 9.42. The van der Waals surface area contributed by atoms with Crippen LogP contribution in [-0.2, 0) is 19.6 Å². The molecule has 0 unspecified atom stereocenters. The largest absolute Gasteiger partial charge is 0.495 e. The molecular weight excluding hydrogens is 391 g/mol. The molecule has 0 saturated carbocycles. The maximum absolute atomic E-state index is 12.9. The number of amides is 1. The van der Waals surface area contributed by atoms with Gasteiger partial charge in [-0.3, -0.25) is 4.79 Å². The van der Waals surface area contributed by atoms with Gasteiger partial charge < -0.3 is 14.8 Å². The molecule has 2 aromatic carbocycles. The normalized spacial score (nSPS) is 11.2. The topological polar surface area (TPSA) is 102 Å². The summed E-state index contributed by atoms with van der Waals surface area (Å²) in [6.07, 6.45) is 0. The predicted octanol–water partition coefficient (Wildman–Crippen LogP) is 1.88. The lowest BCUT2D eigenvalue weighted by Gasteiger charge is -2.16. The summed E-state index contributed by atoms with van der Waals surface area (Å²) >= 11 is 0. The Hall–Kier alpha value is -2.98. The van der Waals surface area contributed by atoms with Crippen molar-refractivity contribution in [2.45, 2.75) is 4.90 Å². The minimum absolute atomic E-state index is 0.0954. The van der Waals surface area contributed by atoms with E-state index in [9.17, 15) is 22.4 Å². The van der Waals surface area contributed by atoms with Gasteiger partial charge in [-0.05, 0) is 42.5 Å². The number of benzene rings is 2. The van der Waals surface area contributed by atoms with Gasteiger partial charge in [0.25, 0.3) is 5.91 Å². The summed E-state index contributed by atoms with van der Waals surface area (Å²) in [7, 11) is 0.268. The molecule has 0 aliphatic carbocycles. The zero-order valence-corrected chi connectivity index (χ0v) is 16.2. The Morgan fingerprint density at radius 3 is 2.32 bits per heavy atom. The monoisotopic (exact) mass is 410 g/mol. The van der Waals surface area contributed by atoms with Crippen LogP contribution in [0.25, 0.3) is 0 Å². The summed E-state index contributed by atoms with van der Waals surface area (Å²) in [4.78, 5) is 23.7. The van der Waals surface area contributed by atoms with Crippen molar-refractivity contribution in [3.63, 3.8) is 0 Å². The van der Waals surface area contributed by atoms with Crippen LogP contribution in [0.4, 0.5) is 10.1 Å². The Balaban J connectivity index is 2.07. The van der Waals surface area contributed by atoms with Crippen LogP contribution in [0.3, 0.4) is 0 Å². The first-order valence-electron chi connectivity index (χ1n) is 7.98. The van der Waals surface area contributed by atoms with Gasteiger partial charge >= 0.3 is 5.97 Å². The summed E-state index contributed by atoms with van der Waals surface area (Å²) < 4.78 is 48.6. The third-order valence-corrected chi connectivity index (χ3v) is 5.46. The number of nitrogens with one attached hydrogen (secondary N) is 1. The zero-order chi connectivity index (χ0) is 20.9. The van der Waals surface area contributed by atoms with Crippen LogP contribution in [0.2, 0.25) is 0 Å². The summed E-state index contributed by atoms with van der Waals surface area (Å²) in [6.45, 7) is -0.599. The molecule has 0 spiro atoms. The maximum Gasteiger partial charge on any atom is 0.338 e. The van der Waals surface area contributed by atoms with Crippen LogP contribution < -0.4 is 10.1 Å². The SMILES string of the molecule is COc1ccc(NC(=O)COC(=O)c2ccc(F)cc2)cc1S(=O)(=O)N(C)C. The predicted molar refractivity (Wildman–Crippen MR) is 99.2 cm³/mol. The average molecular weight is 410 g/mol. The molecule has 0 radical (unpaired) electrons. The second-order valence-corrected chi connectivity index (χ2v) is 7.90. The number of nitrogens with zero attached hydrogens (tertiary/aromatic N) is 1. The molecule has 28 heavy (non-hydrogen) atoms. The van der Waals surface area contributed by atoms with Crippen molar-refractivity contribution in [3.8, 4) is 5.75 Å². The zero-order valence-electron chi connectivity index (χ0n) is 15.4. The van der Waals surface area contributed by atoms with Gasteiger partial charge in [0.05, 0.1) is 12.7 Å². The molecule has 2 rings (SSSR count). The van der Waals surface area contributed by atoms with Crippen molar-refractivity contribution in [3.05, 3.63) is 53.8 Å². The van der Waals surface area contributed by atoms with Gasteiger partial charge in [-0.2, -0.15) is 0 Å². The molecule has 0 aromatic heterocycles. The Kier molecular flexibility index (Phi) is 6.71. The highest BCUT2D eigenvalue weighted by molar-refractivity contribution is 7.89. The third kappa shape index (κ3) is 5.05. The fourth-order valence-electron chi connectivity index (χ4n) is 2.15. The molecule has 2 aromatic rings. The number of sulfonamides is 1. The first-order chi connectivity index (χ1) is 13.1. The van der Waals surface area contributed by atoms with E-state index < -0.39 is 34.3 Å².